The fourth-order valence-electron chi connectivity index (χ4n) is 2.41. The van der Waals surface area contributed by atoms with Gasteiger partial charge in [0, 0.05) is 26.2 Å². The van der Waals surface area contributed by atoms with Gasteiger partial charge in [0.1, 0.15) is 0 Å². The minimum Gasteiger partial charge on any atom is -0.481 e. The number of carbonyl (C=O) groups is 1. The maximum Gasteiger partial charge on any atom is 0.313 e. The van der Waals surface area contributed by atoms with Crippen molar-refractivity contribution in [3.05, 3.63) is 0 Å². The molecule has 0 radical (unpaired) electrons. The number of thioether (sulfide) groups is 1. The predicted molar refractivity (Wildman–Crippen MR) is 83.0 cm³/mol. The Morgan fingerprint density at radius 1 is 1.29 bits per heavy atom. The largest absolute Gasteiger partial charge is 0.481 e. The number of likely N-dealkylation sites (N-methyl/N-ethyl adjacent to an activating group) is 1. The lowest BCUT2D eigenvalue weighted by atomic mass is 10.4. The number of aromatic nitrogens is 3. The first kappa shape index (κ1) is 16.1. The van der Waals surface area contributed by atoms with Crippen LogP contribution in [0.5, 0.6) is 0 Å². The number of hydrogen-bond acceptors (Lipinski definition) is 6. The number of rotatable bonds is 6. The zero-order valence-electron chi connectivity index (χ0n) is 12.7. The Bertz CT molecular complexity index is 479. The van der Waals surface area contributed by atoms with Gasteiger partial charge in [-0.05, 0) is 26.4 Å². The molecule has 0 saturated carbocycles. The molecule has 2 heterocycles. The van der Waals surface area contributed by atoms with Crippen molar-refractivity contribution in [3.63, 3.8) is 0 Å². The van der Waals surface area contributed by atoms with Crippen molar-refractivity contribution in [2.45, 2.75) is 31.5 Å². The van der Waals surface area contributed by atoms with Crippen molar-refractivity contribution in [2.24, 2.45) is 0 Å². The van der Waals surface area contributed by atoms with Gasteiger partial charge in [0.2, 0.25) is 5.95 Å². The summed E-state index contributed by atoms with van der Waals surface area (Å²) >= 11 is 1.24. The molecule has 21 heavy (non-hydrogen) atoms. The fraction of sp³-hybridized carbons (Fsp3) is 0.769. The smallest absolute Gasteiger partial charge is 0.313 e. The molecule has 0 spiro atoms. The summed E-state index contributed by atoms with van der Waals surface area (Å²) in [6.45, 7) is 6.93. The molecule has 1 aromatic rings. The summed E-state index contributed by atoms with van der Waals surface area (Å²) in [5, 5.41) is 18.0. The van der Waals surface area contributed by atoms with Gasteiger partial charge >= 0.3 is 5.97 Å². The topological polar surface area (TPSA) is 74.5 Å². The second-order valence-corrected chi connectivity index (χ2v) is 6.20. The molecule has 1 aromatic heterocycles. The highest BCUT2D eigenvalue weighted by Crippen LogP contribution is 2.23. The lowest BCUT2D eigenvalue weighted by molar-refractivity contribution is -0.133. The highest BCUT2D eigenvalue weighted by molar-refractivity contribution is 7.99. The van der Waals surface area contributed by atoms with Gasteiger partial charge in [0.25, 0.3) is 0 Å². The van der Waals surface area contributed by atoms with Crippen LogP contribution < -0.4 is 4.90 Å². The van der Waals surface area contributed by atoms with Gasteiger partial charge in [0.15, 0.2) is 5.16 Å². The number of carboxylic acid groups (broad SMARTS) is 1. The van der Waals surface area contributed by atoms with Gasteiger partial charge < -0.3 is 14.9 Å². The predicted octanol–water partition coefficient (Wildman–Crippen LogP) is 1.01. The zero-order valence-corrected chi connectivity index (χ0v) is 13.5. The molecule has 0 amide bonds. The average Bonchev–Trinajstić information content (AvgIpc) is 2.71. The van der Waals surface area contributed by atoms with Gasteiger partial charge in [-0.1, -0.05) is 18.7 Å². The van der Waals surface area contributed by atoms with Crippen molar-refractivity contribution in [1.29, 1.82) is 0 Å². The summed E-state index contributed by atoms with van der Waals surface area (Å²) < 4.78 is 2.05. The standard InChI is InChI=1S/C13H23N5O2S/c1-3-5-18-12(14-15-13(18)21-10-11(19)20)17-7-4-6-16(2)8-9-17/h3-10H2,1-2H3,(H,19,20). The Balaban J connectivity index is 2.15. The molecule has 7 nitrogen and oxygen atoms in total. The Hall–Kier alpha value is -1.28. The molecule has 118 valence electrons. The third-order valence-electron chi connectivity index (χ3n) is 3.47. The van der Waals surface area contributed by atoms with Crippen LogP contribution in [0.15, 0.2) is 5.16 Å². The number of aliphatic carboxylic acids is 1. The minimum atomic E-state index is -0.830. The summed E-state index contributed by atoms with van der Waals surface area (Å²) in [6, 6.07) is 0. The van der Waals surface area contributed by atoms with E-state index in [0.29, 0.717) is 5.16 Å². The van der Waals surface area contributed by atoms with Gasteiger partial charge in [-0.2, -0.15) is 0 Å². The third kappa shape index (κ3) is 4.34. The average molecular weight is 313 g/mol. The van der Waals surface area contributed by atoms with Crippen LogP contribution in [-0.4, -0.2) is 69.7 Å². The molecule has 2 rings (SSSR count). The van der Waals surface area contributed by atoms with E-state index in [1.165, 1.54) is 11.8 Å². The zero-order chi connectivity index (χ0) is 15.2. The number of nitrogens with zero attached hydrogens (tertiary/aromatic N) is 5. The first-order valence-electron chi connectivity index (χ1n) is 7.33. The molecule has 0 atom stereocenters. The second-order valence-electron chi connectivity index (χ2n) is 5.26. The van der Waals surface area contributed by atoms with Crippen LogP contribution in [0.25, 0.3) is 0 Å². The Labute approximate surface area is 129 Å². The molecule has 1 N–H and O–H groups in total. The van der Waals surface area contributed by atoms with Crippen molar-refractivity contribution < 1.29 is 9.90 Å². The summed E-state index contributed by atoms with van der Waals surface area (Å²) in [4.78, 5) is 15.3. The van der Waals surface area contributed by atoms with Gasteiger partial charge in [0.05, 0.1) is 5.75 Å². The second kappa shape index (κ2) is 7.65. The molecule has 0 aromatic carbocycles. The number of carboxylic acids is 1. The summed E-state index contributed by atoms with van der Waals surface area (Å²) in [7, 11) is 2.13. The summed E-state index contributed by atoms with van der Waals surface area (Å²) in [5.74, 6) is 0.0638. The van der Waals surface area contributed by atoms with Crippen molar-refractivity contribution >= 4 is 23.7 Å². The SMILES string of the molecule is CCCn1c(SCC(=O)O)nnc1N1CCCN(C)CC1. The first-order chi connectivity index (χ1) is 10.1. The summed E-state index contributed by atoms with van der Waals surface area (Å²) in [6.07, 6.45) is 2.08. The molecule has 1 fully saturated rings. The fourth-order valence-corrected chi connectivity index (χ4v) is 3.09. The van der Waals surface area contributed by atoms with E-state index < -0.39 is 5.97 Å². The maximum absolute atomic E-state index is 10.7. The molecule has 0 unspecified atom stereocenters. The van der Waals surface area contributed by atoms with Crippen LogP contribution in [-0.2, 0) is 11.3 Å². The maximum atomic E-state index is 10.7. The van der Waals surface area contributed by atoms with Gasteiger partial charge in [-0.15, -0.1) is 10.2 Å². The van der Waals surface area contributed by atoms with Crippen molar-refractivity contribution in [3.8, 4) is 0 Å². The number of anilines is 1. The highest BCUT2D eigenvalue weighted by Gasteiger charge is 2.20. The van der Waals surface area contributed by atoms with Crippen LogP contribution in [0.1, 0.15) is 19.8 Å². The normalized spacial score (nSPS) is 17.0. The van der Waals surface area contributed by atoms with E-state index in [1.54, 1.807) is 0 Å². The van der Waals surface area contributed by atoms with E-state index in [1.807, 2.05) is 0 Å². The lowest BCUT2D eigenvalue weighted by Gasteiger charge is -2.22. The Kier molecular flexibility index (Phi) is 5.86. The van der Waals surface area contributed by atoms with E-state index >= 15 is 0 Å². The van der Waals surface area contributed by atoms with Crippen LogP contribution in [0, 0.1) is 0 Å². The van der Waals surface area contributed by atoms with Crippen LogP contribution >= 0.6 is 11.8 Å². The molecule has 1 aliphatic heterocycles. The van der Waals surface area contributed by atoms with E-state index in [0.717, 1.165) is 51.5 Å². The highest BCUT2D eigenvalue weighted by atomic mass is 32.2. The van der Waals surface area contributed by atoms with Crippen LogP contribution in [0.3, 0.4) is 0 Å². The minimum absolute atomic E-state index is 0.0184. The Morgan fingerprint density at radius 2 is 2.10 bits per heavy atom. The molecule has 1 saturated heterocycles. The molecule has 1 aliphatic rings. The third-order valence-corrected chi connectivity index (χ3v) is 4.42. The molecular formula is C13H23N5O2S. The van der Waals surface area contributed by atoms with E-state index in [4.69, 9.17) is 5.11 Å². The molecule has 0 aliphatic carbocycles. The molecule has 0 bridgehead atoms. The van der Waals surface area contributed by atoms with E-state index in [2.05, 4.69) is 38.5 Å². The van der Waals surface area contributed by atoms with Crippen LogP contribution in [0.2, 0.25) is 0 Å². The van der Waals surface area contributed by atoms with E-state index in [9.17, 15) is 4.79 Å². The molecule has 8 heteroatoms. The van der Waals surface area contributed by atoms with Gasteiger partial charge in [-0.3, -0.25) is 9.36 Å². The summed E-state index contributed by atoms with van der Waals surface area (Å²) in [5.41, 5.74) is 0. The van der Waals surface area contributed by atoms with Gasteiger partial charge in [-0.25, -0.2) is 0 Å². The lowest BCUT2D eigenvalue weighted by Crippen LogP contribution is -2.31. The number of hydrogen-bond donors (Lipinski definition) is 1. The quantitative estimate of drug-likeness (QED) is 0.785. The van der Waals surface area contributed by atoms with Crippen LogP contribution in [0.4, 0.5) is 5.95 Å². The Morgan fingerprint density at radius 3 is 2.81 bits per heavy atom. The van der Waals surface area contributed by atoms with E-state index in [-0.39, 0.29) is 5.75 Å². The van der Waals surface area contributed by atoms with Crippen molar-refractivity contribution in [2.75, 3.05) is 43.9 Å². The monoisotopic (exact) mass is 313 g/mol. The first-order valence-corrected chi connectivity index (χ1v) is 8.31. The molecular weight excluding hydrogens is 290 g/mol. The van der Waals surface area contributed by atoms with Crippen molar-refractivity contribution in [1.82, 2.24) is 19.7 Å².